The molecule has 7 heteroatoms. The SMILES string of the molecule is CC1=C2N=C(c3ccccc3Cl)c3cc(CN4CCN(C)CC4)ncc3NC2=NC1. The number of hydrogen-bond donors (Lipinski definition) is 1. The second-order valence-electron chi connectivity index (χ2n) is 8.16. The monoisotopic (exact) mass is 420 g/mol. The van der Waals surface area contributed by atoms with Crippen molar-refractivity contribution in [1.29, 1.82) is 0 Å². The zero-order valence-electron chi connectivity index (χ0n) is 17.3. The summed E-state index contributed by atoms with van der Waals surface area (Å²) in [7, 11) is 2.17. The summed E-state index contributed by atoms with van der Waals surface area (Å²) in [6.45, 7) is 7.87. The molecule has 0 unspecified atom stereocenters. The lowest BCUT2D eigenvalue weighted by atomic mass is 10.0. The van der Waals surface area contributed by atoms with Gasteiger partial charge in [-0.15, -0.1) is 0 Å². The average molecular weight is 421 g/mol. The Morgan fingerprint density at radius 1 is 1.10 bits per heavy atom. The highest BCUT2D eigenvalue weighted by atomic mass is 35.5. The molecule has 1 fully saturated rings. The number of aliphatic imine (C=N–C) groups is 2. The third-order valence-corrected chi connectivity index (χ3v) is 6.24. The van der Waals surface area contributed by atoms with Crippen LogP contribution in [0.3, 0.4) is 0 Å². The zero-order valence-corrected chi connectivity index (χ0v) is 18.1. The molecule has 4 heterocycles. The number of nitrogens with one attached hydrogen (secondary N) is 1. The van der Waals surface area contributed by atoms with Crippen molar-refractivity contribution in [3.8, 4) is 0 Å². The predicted octanol–water partition coefficient (Wildman–Crippen LogP) is 3.43. The van der Waals surface area contributed by atoms with Crippen LogP contribution in [0.1, 0.15) is 23.7 Å². The Kier molecular flexibility index (Phi) is 5.15. The lowest BCUT2D eigenvalue weighted by Gasteiger charge is -2.32. The maximum atomic E-state index is 6.59. The minimum absolute atomic E-state index is 0.668. The minimum Gasteiger partial charge on any atom is -0.337 e. The molecule has 0 atom stereocenters. The fourth-order valence-electron chi connectivity index (χ4n) is 4.07. The number of nitrogens with zero attached hydrogens (tertiary/aromatic N) is 5. The van der Waals surface area contributed by atoms with Gasteiger partial charge < -0.3 is 10.2 Å². The molecular formula is C23H25ClN6. The third-order valence-electron chi connectivity index (χ3n) is 5.91. The molecule has 6 nitrogen and oxygen atoms in total. The molecule has 1 aromatic carbocycles. The van der Waals surface area contributed by atoms with Gasteiger partial charge in [0.2, 0.25) is 0 Å². The summed E-state index contributed by atoms with van der Waals surface area (Å²) >= 11 is 6.59. The van der Waals surface area contributed by atoms with Gasteiger partial charge in [-0.3, -0.25) is 14.9 Å². The maximum Gasteiger partial charge on any atom is 0.152 e. The second-order valence-corrected chi connectivity index (χ2v) is 8.57. The fraction of sp³-hybridized carbons (Fsp3) is 0.348. The Morgan fingerprint density at radius 2 is 1.90 bits per heavy atom. The Balaban J connectivity index is 1.57. The van der Waals surface area contributed by atoms with Crippen LogP contribution in [0.2, 0.25) is 5.02 Å². The number of hydrogen-bond acceptors (Lipinski definition) is 6. The van der Waals surface area contributed by atoms with Crippen molar-refractivity contribution in [2.75, 3.05) is 45.1 Å². The molecule has 0 spiro atoms. The van der Waals surface area contributed by atoms with Gasteiger partial charge in [0.25, 0.3) is 0 Å². The molecule has 1 N–H and O–H groups in total. The maximum absolute atomic E-state index is 6.59. The highest BCUT2D eigenvalue weighted by Crippen LogP contribution is 2.31. The molecule has 3 aliphatic heterocycles. The van der Waals surface area contributed by atoms with Gasteiger partial charge >= 0.3 is 0 Å². The number of rotatable bonds is 3. The summed E-state index contributed by atoms with van der Waals surface area (Å²) in [5.41, 5.74) is 6.82. The van der Waals surface area contributed by atoms with E-state index in [4.69, 9.17) is 21.6 Å². The molecule has 0 bridgehead atoms. The number of pyridine rings is 1. The van der Waals surface area contributed by atoms with E-state index in [9.17, 15) is 0 Å². The quantitative estimate of drug-likeness (QED) is 0.826. The molecule has 3 aliphatic rings. The summed E-state index contributed by atoms with van der Waals surface area (Å²) in [5, 5.41) is 4.15. The van der Waals surface area contributed by atoms with Gasteiger partial charge in [-0.05, 0) is 31.7 Å². The van der Waals surface area contributed by atoms with E-state index in [0.29, 0.717) is 11.6 Å². The molecule has 154 valence electrons. The van der Waals surface area contributed by atoms with Crippen molar-refractivity contribution < 1.29 is 0 Å². The first-order valence-electron chi connectivity index (χ1n) is 10.3. The van der Waals surface area contributed by atoms with Gasteiger partial charge in [0.15, 0.2) is 5.84 Å². The largest absolute Gasteiger partial charge is 0.337 e. The second kappa shape index (κ2) is 7.95. The van der Waals surface area contributed by atoms with Gasteiger partial charge in [-0.2, -0.15) is 0 Å². The number of amidine groups is 1. The first-order chi connectivity index (χ1) is 14.6. The van der Waals surface area contributed by atoms with Crippen LogP contribution in [0.25, 0.3) is 0 Å². The summed E-state index contributed by atoms with van der Waals surface area (Å²) in [5.74, 6) is 0.810. The van der Waals surface area contributed by atoms with Gasteiger partial charge in [-0.1, -0.05) is 29.8 Å². The molecule has 0 aliphatic carbocycles. The number of aromatic nitrogens is 1. The number of likely N-dealkylation sites (N-methyl/N-ethyl adjacent to an activating group) is 1. The predicted molar refractivity (Wildman–Crippen MR) is 123 cm³/mol. The lowest BCUT2D eigenvalue weighted by molar-refractivity contribution is 0.147. The van der Waals surface area contributed by atoms with Gasteiger partial charge in [0.05, 0.1) is 29.8 Å². The fourth-order valence-corrected chi connectivity index (χ4v) is 4.30. The Morgan fingerprint density at radius 3 is 2.70 bits per heavy atom. The van der Waals surface area contributed by atoms with Crippen molar-refractivity contribution in [3.63, 3.8) is 0 Å². The number of anilines is 1. The van der Waals surface area contributed by atoms with Crippen LogP contribution in [0.15, 0.2) is 57.8 Å². The number of benzene rings is 1. The van der Waals surface area contributed by atoms with Crippen molar-refractivity contribution in [1.82, 2.24) is 14.8 Å². The summed E-state index contributed by atoms with van der Waals surface area (Å²) in [4.78, 5) is 19.3. The van der Waals surface area contributed by atoms with E-state index in [1.165, 1.54) is 0 Å². The van der Waals surface area contributed by atoms with Crippen LogP contribution in [0.5, 0.6) is 0 Å². The lowest BCUT2D eigenvalue weighted by Crippen LogP contribution is -2.44. The molecular weight excluding hydrogens is 396 g/mol. The van der Waals surface area contributed by atoms with E-state index in [-0.39, 0.29) is 0 Å². The van der Waals surface area contributed by atoms with Crippen LogP contribution in [0, 0.1) is 0 Å². The van der Waals surface area contributed by atoms with Crippen LogP contribution in [-0.4, -0.2) is 66.1 Å². The molecule has 1 saturated heterocycles. The molecule has 1 aromatic heterocycles. The average Bonchev–Trinajstić information content (AvgIpc) is 3.00. The van der Waals surface area contributed by atoms with Crippen LogP contribution < -0.4 is 5.32 Å². The van der Waals surface area contributed by atoms with E-state index >= 15 is 0 Å². The molecule has 30 heavy (non-hydrogen) atoms. The highest BCUT2D eigenvalue weighted by molar-refractivity contribution is 6.36. The summed E-state index contributed by atoms with van der Waals surface area (Å²) in [6, 6.07) is 10.0. The molecule has 0 saturated carbocycles. The molecule has 0 amide bonds. The Bertz CT molecular complexity index is 1080. The topological polar surface area (TPSA) is 56.1 Å². The Labute approximate surface area is 182 Å². The third kappa shape index (κ3) is 3.67. The van der Waals surface area contributed by atoms with Crippen molar-refractivity contribution >= 4 is 28.8 Å². The zero-order chi connectivity index (χ0) is 20.7. The van der Waals surface area contributed by atoms with E-state index in [1.807, 2.05) is 30.5 Å². The van der Waals surface area contributed by atoms with Crippen molar-refractivity contribution in [3.05, 3.63) is 69.6 Å². The number of halogens is 1. The number of piperazine rings is 1. The van der Waals surface area contributed by atoms with Crippen LogP contribution >= 0.6 is 11.6 Å². The van der Waals surface area contributed by atoms with Gasteiger partial charge in [-0.25, -0.2) is 4.99 Å². The van der Waals surface area contributed by atoms with E-state index in [0.717, 1.165) is 78.0 Å². The summed E-state index contributed by atoms with van der Waals surface area (Å²) < 4.78 is 0. The van der Waals surface area contributed by atoms with E-state index in [2.05, 4.69) is 40.1 Å². The van der Waals surface area contributed by atoms with Crippen LogP contribution in [0.4, 0.5) is 5.69 Å². The minimum atomic E-state index is 0.668. The molecule has 2 aromatic rings. The van der Waals surface area contributed by atoms with Crippen LogP contribution in [-0.2, 0) is 6.54 Å². The molecule has 0 radical (unpaired) electrons. The standard InChI is InChI=1S/C23H25ClN6/c1-15-12-26-23-21(15)28-22(17-5-3-4-6-19(17)24)18-11-16(25-13-20(18)27-23)14-30-9-7-29(2)8-10-30/h3-6,11,13H,7-10,12,14H2,1-2H3,(H,26,27). The molecule has 5 rings (SSSR count). The highest BCUT2D eigenvalue weighted by Gasteiger charge is 2.26. The van der Waals surface area contributed by atoms with Gasteiger partial charge in [0, 0.05) is 48.9 Å². The first-order valence-corrected chi connectivity index (χ1v) is 10.7. The Hall–Kier alpha value is -2.54. The number of fused-ring (bicyclic) bond motifs is 2. The van der Waals surface area contributed by atoms with E-state index < -0.39 is 0 Å². The summed E-state index contributed by atoms with van der Waals surface area (Å²) in [6.07, 6.45) is 1.91. The smallest absolute Gasteiger partial charge is 0.152 e. The van der Waals surface area contributed by atoms with Crippen molar-refractivity contribution in [2.45, 2.75) is 13.5 Å². The van der Waals surface area contributed by atoms with E-state index in [1.54, 1.807) is 0 Å². The van der Waals surface area contributed by atoms with Crippen molar-refractivity contribution in [2.24, 2.45) is 9.98 Å². The first kappa shape index (κ1) is 19.4. The normalized spacial score (nSPS) is 19.6. The van der Waals surface area contributed by atoms with Gasteiger partial charge in [0.1, 0.15) is 5.70 Å².